The number of nitrogens with zero attached hydrogens (tertiary/aromatic N) is 1. The molecule has 0 aromatic heterocycles. The van der Waals surface area contributed by atoms with Crippen molar-refractivity contribution in [2.45, 2.75) is 32.7 Å². The molecule has 3 nitrogen and oxygen atoms in total. The Morgan fingerprint density at radius 2 is 1.75 bits per heavy atom. The Bertz CT molecular complexity index is 684. The van der Waals surface area contributed by atoms with E-state index in [1.54, 1.807) is 13.2 Å². The van der Waals surface area contributed by atoms with E-state index in [1.165, 1.54) is 11.1 Å². The Morgan fingerprint density at radius 1 is 1.08 bits per heavy atom. The van der Waals surface area contributed by atoms with Gasteiger partial charge in [-0.2, -0.15) is 0 Å². The molecule has 0 bridgehead atoms. The molecule has 0 unspecified atom stereocenters. The summed E-state index contributed by atoms with van der Waals surface area (Å²) in [4.78, 5) is 14.4. The first-order valence-electron chi connectivity index (χ1n) is 8.25. The highest BCUT2D eigenvalue weighted by atomic mass is 16.5. The Hall–Kier alpha value is -2.13. The first-order valence-corrected chi connectivity index (χ1v) is 8.25. The average Bonchev–Trinajstić information content (AvgIpc) is 2.54. The van der Waals surface area contributed by atoms with Crippen molar-refractivity contribution in [3.05, 3.63) is 65.2 Å². The van der Waals surface area contributed by atoms with Crippen LogP contribution in [0.5, 0.6) is 5.75 Å². The molecule has 0 atom stereocenters. The van der Waals surface area contributed by atoms with Gasteiger partial charge in [-0.25, -0.2) is 0 Å². The van der Waals surface area contributed by atoms with Crippen LogP contribution in [-0.4, -0.2) is 31.4 Å². The fraction of sp³-hybridized carbons (Fsp3) is 0.381. The van der Waals surface area contributed by atoms with Crippen LogP contribution in [0.25, 0.3) is 0 Å². The average molecular weight is 325 g/mol. The molecule has 0 aliphatic rings. The van der Waals surface area contributed by atoms with Gasteiger partial charge >= 0.3 is 0 Å². The predicted molar refractivity (Wildman–Crippen MR) is 98.8 cm³/mol. The minimum Gasteiger partial charge on any atom is -0.497 e. The zero-order chi connectivity index (χ0) is 17.7. The van der Waals surface area contributed by atoms with E-state index >= 15 is 0 Å². The van der Waals surface area contributed by atoms with E-state index in [-0.39, 0.29) is 11.2 Å². The summed E-state index contributed by atoms with van der Waals surface area (Å²) in [5.41, 5.74) is 3.38. The van der Waals surface area contributed by atoms with Crippen LogP contribution in [0.4, 0.5) is 0 Å². The lowest BCUT2D eigenvalue weighted by molar-refractivity contribution is 0.0942. The van der Waals surface area contributed by atoms with Gasteiger partial charge in [0, 0.05) is 12.1 Å². The molecule has 0 saturated carbocycles. The maximum Gasteiger partial charge on any atom is 0.176 e. The number of hydrogen-bond acceptors (Lipinski definition) is 3. The normalized spacial score (nSPS) is 11.6. The number of Topliss-reactive ketones (excluding diaryl/α,β-unsaturated/α-hetero) is 1. The molecule has 2 aromatic rings. The first-order chi connectivity index (χ1) is 11.3. The van der Waals surface area contributed by atoms with Gasteiger partial charge in [-0.1, -0.05) is 57.2 Å². The van der Waals surface area contributed by atoms with E-state index in [0.717, 1.165) is 6.54 Å². The summed E-state index contributed by atoms with van der Waals surface area (Å²) in [7, 11) is 3.58. The molecule has 2 aromatic carbocycles. The van der Waals surface area contributed by atoms with Crippen LogP contribution in [0.1, 0.15) is 42.3 Å². The summed E-state index contributed by atoms with van der Waals surface area (Å²) in [5.74, 6) is 0.809. The van der Waals surface area contributed by atoms with Crippen molar-refractivity contribution in [2.24, 2.45) is 0 Å². The van der Waals surface area contributed by atoms with Gasteiger partial charge < -0.3 is 4.74 Å². The topological polar surface area (TPSA) is 29.5 Å². The van der Waals surface area contributed by atoms with Crippen molar-refractivity contribution in [2.75, 3.05) is 20.7 Å². The molecule has 0 fully saturated rings. The molecule has 0 radical (unpaired) electrons. The molecular weight excluding hydrogens is 298 g/mol. The van der Waals surface area contributed by atoms with E-state index in [1.807, 2.05) is 30.1 Å². The highest BCUT2D eigenvalue weighted by molar-refractivity contribution is 5.97. The van der Waals surface area contributed by atoms with Gasteiger partial charge in [0.1, 0.15) is 5.75 Å². The lowest BCUT2D eigenvalue weighted by atomic mass is 9.87. The first kappa shape index (κ1) is 18.2. The van der Waals surface area contributed by atoms with Crippen LogP contribution in [0.15, 0.2) is 48.5 Å². The molecule has 0 aliphatic carbocycles. The predicted octanol–water partition coefficient (Wildman–Crippen LogP) is 4.31. The van der Waals surface area contributed by atoms with E-state index in [4.69, 9.17) is 4.74 Å². The van der Waals surface area contributed by atoms with E-state index < -0.39 is 0 Å². The lowest BCUT2D eigenvalue weighted by Gasteiger charge is -2.20. The number of benzene rings is 2. The zero-order valence-electron chi connectivity index (χ0n) is 15.3. The lowest BCUT2D eigenvalue weighted by Crippen LogP contribution is -2.25. The third kappa shape index (κ3) is 4.93. The second kappa shape index (κ2) is 7.63. The van der Waals surface area contributed by atoms with Gasteiger partial charge in [-0.05, 0) is 35.7 Å². The third-order valence-corrected chi connectivity index (χ3v) is 4.08. The number of carbonyl (C=O) groups is 1. The summed E-state index contributed by atoms with van der Waals surface area (Å²) in [6.45, 7) is 7.76. The number of rotatable bonds is 6. The van der Waals surface area contributed by atoms with Crippen LogP contribution in [0.3, 0.4) is 0 Å². The van der Waals surface area contributed by atoms with Crippen LogP contribution in [0.2, 0.25) is 0 Å². The molecule has 0 heterocycles. The van der Waals surface area contributed by atoms with Crippen molar-refractivity contribution >= 4 is 5.78 Å². The molecule has 2 rings (SSSR count). The highest BCUT2D eigenvalue weighted by Gasteiger charge is 2.14. The monoisotopic (exact) mass is 325 g/mol. The van der Waals surface area contributed by atoms with E-state index in [9.17, 15) is 4.79 Å². The summed E-state index contributed by atoms with van der Waals surface area (Å²) in [6.07, 6.45) is 0. The molecule has 0 amide bonds. The van der Waals surface area contributed by atoms with Gasteiger partial charge in [-0.3, -0.25) is 9.69 Å². The minimum absolute atomic E-state index is 0.0997. The molecule has 0 N–H and O–H groups in total. The summed E-state index contributed by atoms with van der Waals surface area (Å²) >= 11 is 0. The Kier molecular flexibility index (Phi) is 5.79. The van der Waals surface area contributed by atoms with Crippen LogP contribution >= 0.6 is 0 Å². The van der Waals surface area contributed by atoms with Crippen molar-refractivity contribution < 1.29 is 9.53 Å². The molecule has 0 spiro atoms. The minimum atomic E-state index is 0.0997. The Labute approximate surface area is 145 Å². The maximum atomic E-state index is 12.4. The number of hydrogen-bond donors (Lipinski definition) is 0. The second-order valence-corrected chi connectivity index (χ2v) is 7.27. The SMILES string of the molecule is COc1cccc(C(=O)CN(C)Cc2ccc(C(C)(C)C)cc2)c1. The van der Waals surface area contributed by atoms with Gasteiger partial charge in [0.2, 0.25) is 0 Å². The Balaban J connectivity index is 1.97. The van der Waals surface area contributed by atoms with Crippen molar-refractivity contribution in [3.63, 3.8) is 0 Å². The van der Waals surface area contributed by atoms with Crippen molar-refractivity contribution in [1.29, 1.82) is 0 Å². The number of ether oxygens (including phenoxy) is 1. The number of ketones is 1. The van der Waals surface area contributed by atoms with Crippen LogP contribution in [0, 0.1) is 0 Å². The molecule has 0 aliphatic heterocycles. The van der Waals surface area contributed by atoms with Gasteiger partial charge in [0.05, 0.1) is 13.7 Å². The number of likely N-dealkylation sites (N-methyl/N-ethyl adjacent to an activating group) is 1. The fourth-order valence-electron chi connectivity index (χ4n) is 2.61. The van der Waals surface area contributed by atoms with Gasteiger partial charge in [-0.15, -0.1) is 0 Å². The quantitative estimate of drug-likeness (QED) is 0.741. The summed E-state index contributed by atoms with van der Waals surface area (Å²) in [6, 6.07) is 15.9. The fourth-order valence-corrected chi connectivity index (χ4v) is 2.61. The number of methoxy groups -OCH3 is 1. The molecular formula is C21H27NO2. The standard InChI is InChI=1S/C21H27NO2/c1-21(2,3)18-11-9-16(10-12-18)14-22(4)15-20(23)17-7-6-8-19(13-17)24-5/h6-13H,14-15H2,1-5H3. The van der Waals surface area contributed by atoms with E-state index in [0.29, 0.717) is 17.9 Å². The van der Waals surface area contributed by atoms with Crippen molar-refractivity contribution in [1.82, 2.24) is 4.90 Å². The molecule has 24 heavy (non-hydrogen) atoms. The molecule has 128 valence electrons. The molecule has 3 heteroatoms. The van der Waals surface area contributed by atoms with Crippen LogP contribution < -0.4 is 4.74 Å². The Morgan fingerprint density at radius 3 is 2.33 bits per heavy atom. The van der Waals surface area contributed by atoms with Crippen LogP contribution in [-0.2, 0) is 12.0 Å². The van der Waals surface area contributed by atoms with Crippen molar-refractivity contribution in [3.8, 4) is 5.75 Å². The summed E-state index contributed by atoms with van der Waals surface area (Å²) < 4.78 is 5.18. The zero-order valence-corrected chi connectivity index (χ0v) is 15.3. The smallest absolute Gasteiger partial charge is 0.176 e. The second-order valence-electron chi connectivity index (χ2n) is 7.27. The summed E-state index contributed by atoms with van der Waals surface area (Å²) in [5, 5.41) is 0. The molecule has 0 saturated heterocycles. The van der Waals surface area contributed by atoms with E-state index in [2.05, 4.69) is 45.0 Å². The third-order valence-electron chi connectivity index (χ3n) is 4.08. The van der Waals surface area contributed by atoms with Gasteiger partial charge in [0.15, 0.2) is 5.78 Å². The highest BCUT2D eigenvalue weighted by Crippen LogP contribution is 2.22. The maximum absolute atomic E-state index is 12.4. The number of carbonyl (C=O) groups excluding carboxylic acids is 1. The largest absolute Gasteiger partial charge is 0.497 e. The van der Waals surface area contributed by atoms with Gasteiger partial charge in [0.25, 0.3) is 0 Å².